The van der Waals surface area contributed by atoms with Gasteiger partial charge in [0.25, 0.3) is 0 Å². The van der Waals surface area contributed by atoms with Crippen LogP contribution in [0, 0.1) is 13.8 Å². The molecule has 0 fully saturated rings. The number of H-pyrrole nitrogens is 3. The minimum Gasteiger partial charge on any atom is -0.297 e. The lowest BCUT2D eigenvalue weighted by Gasteiger charge is -2.47. The molecular formula is C29H42N8. The number of rotatable bonds is 13. The van der Waals surface area contributed by atoms with E-state index in [0.29, 0.717) is 0 Å². The van der Waals surface area contributed by atoms with Gasteiger partial charge in [-0.1, -0.05) is 58.0 Å². The Morgan fingerprint density at radius 3 is 2.14 bits per heavy atom. The summed E-state index contributed by atoms with van der Waals surface area (Å²) in [6.45, 7) is 16.9. The zero-order chi connectivity index (χ0) is 26.4. The first kappa shape index (κ1) is 26.8. The zero-order valence-electron chi connectivity index (χ0n) is 23.2. The molecule has 8 heteroatoms. The fourth-order valence-electron chi connectivity index (χ4n) is 6.01. The van der Waals surface area contributed by atoms with E-state index in [2.05, 4.69) is 113 Å². The number of nitrogens with one attached hydrogen (secondary N) is 3. The summed E-state index contributed by atoms with van der Waals surface area (Å²) in [4.78, 5) is 5.15. The Balaban J connectivity index is 1.91. The molecule has 0 aliphatic heterocycles. The van der Waals surface area contributed by atoms with Crippen LogP contribution in [0.15, 0.2) is 48.8 Å². The predicted octanol–water partition coefficient (Wildman–Crippen LogP) is 5.39. The van der Waals surface area contributed by atoms with E-state index in [-0.39, 0.29) is 11.6 Å². The van der Waals surface area contributed by atoms with Gasteiger partial charge in [0.05, 0.1) is 29.3 Å². The molecule has 0 aliphatic carbocycles. The first-order valence-electron chi connectivity index (χ1n) is 13.6. The second kappa shape index (κ2) is 11.9. The molecule has 198 valence electrons. The molecule has 4 aromatic rings. The fourth-order valence-corrected chi connectivity index (χ4v) is 6.01. The standard InChI is InChI=1S/C29H42N8/c1-7-36(8-2)27(25-19-30-35-28(25)23-14-12-11-13-15-23)18-29(37(9-3)10-4,26-20-31-33-22(26)6)17-24-16-21(5)32-34-24/h11-16,19-20,27H,7-10,17-18H2,1-6H3,(H,30,35)(H,31,33)(H,32,34). The highest BCUT2D eigenvalue weighted by atomic mass is 15.2. The van der Waals surface area contributed by atoms with Crippen LogP contribution in [-0.2, 0) is 12.0 Å². The number of aromatic amines is 3. The van der Waals surface area contributed by atoms with Crippen LogP contribution in [0.1, 0.15) is 68.4 Å². The molecular weight excluding hydrogens is 460 g/mol. The quantitative estimate of drug-likeness (QED) is 0.228. The van der Waals surface area contributed by atoms with Crippen molar-refractivity contribution in [3.05, 3.63) is 77.0 Å². The summed E-state index contributed by atoms with van der Waals surface area (Å²) < 4.78 is 0. The third-order valence-corrected chi connectivity index (χ3v) is 7.81. The van der Waals surface area contributed by atoms with Gasteiger partial charge in [-0.3, -0.25) is 25.1 Å². The molecule has 2 atom stereocenters. The summed E-state index contributed by atoms with van der Waals surface area (Å²) in [5.41, 5.74) is 7.64. The zero-order valence-corrected chi connectivity index (χ0v) is 23.2. The Morgan fingerprint density at radius 2 is 1.57 bits per heavy atom. The number of aryl methyl sites for hydroxylation is 2. The lowest BCUT2D eigenvalue weighted by molar-refractivity contribution is 0.0475. The summed E-state index contributed by atoms with van der Waals surface area (Å²) in [7, 11) is 0. The number of hydrogen-bond donors (Lipinski definition) is 3. The van der Waals surface area contributed by atoms with Crippen molar-refractivity contribution < 1.29 is 0 Å². The lowest BCUT2D eigenvalue weighted by atomic mass is 9.76. The number of likely N-dealkylation sites (N-methyl/N-ethyl adjacent to an activating group) is 1. The van der Waals surface area contributed by atoms with Gasteiger partial charge in [-0.2, -0.15) is 15.3 Å². The number of nitrogens with zero attached hydrogens (tertiary/aromatic N) is 5. The minimum atomic E-state index is -0.319. The molecule has 0 aliphatic rings. The molecule has 3 aromatic heterocycles. The molecule has 4 rings (SSSR count). The highest BCUT2D eigenvalue weighted by Gasteiger charge is 2.44. The van der Waals surface area contributed by atoms with E-state index in [1.54, 1.807) is 0 Å². The Hall–Kier alpha value is -3.23. The van der Waals surface area contributed by atoms with Crippen LogP contribution in [0.25, 0.3) is 11.3 Å². The molecule has 0 saturated heterocycles. The van der Waals surface area contributed by atoms with Crippen LogP contribution in [-0.4, -0.2) is 66.6 Å². The molecule has 3 N–H and O–H groups in total. The monoisotopic (exact) mass is 502 g/mol. The maximum atomic E-state index is 4.70. The summed E-state index contributed by atoms with van der Waals surface area (Å²) in [5.74, 6) is 0. The van der Waals surface area contributed by atoms with Crippen molar-refractivity contribution in [3.8, 4) is 11.3 Å². The summed E-state index contributed by atoms with van der Waals surface area (Å²) in [6.07, 6.45) is 5.72. The van der Waals surface area contributed by atoms with E-state index < -0.39 is 0 Å². The maximum absolute atomic E-state index is 4.70. The Kier molecular flexibility index (Phi) is 8.61. The second-order valence-corrected chi connectivity index (χ2v) is 9.84. The normalized spacial score (nSPS) is 14.4. The van der Waals surface area contributed by atoms with Gasteiger partial charge in [-0.05, 0) is 58.1 Å². The van der Waals surface area contributed by atoms with E-state index >= 15 is 0 Å². The second-order valence-electron chi connectivity index (χ2n) is 9.84. The first-order valence-corrected chi connectivity index (χ1v) is 13.6. The van der Waals surface area contributed by atoms with Crippen LogP contribution in [0.3, 0.4) is 0 Å². The van der Waals surface area contributed by atoms with Crippen LogP contribution >= 0.6 is 0 Å². The fraction of sp³-hybridized carbons (Fsp3) is 0.483. The predicted molar refractivity (Wildman–Crippen MR) is 149 cm³/mol. The Morgan fingerprint density at radius 1 is 0.865 bits per heavy atom. The number of hydrogen-bond acceptors (Lipinski definition) is 5. The van der Waals surface area contributed by atoms with Crippen molar-refractivity contribution in [2.45, 2.75) is 66.0 Å². The third kappa shape index (κ3) is 5.40. The lowest BCUT2D eigenvalue weighted by Crippen LogP contribution is -2.50. The molecule has 0 radical (unpaired) electrons. The van der Waals surface area contributed by atoms with Crippen LogP contribution < -0.4 is 0 Å². The van der Waals surface area contributed by atoms with Crippen molar-refractivity contribution in [1.29, 1.82) is 0 Å². The van der Waals surface area contributed by atoms with Crippen molar-refractivity contribution in [2.75, 3.05) is 26.2 Å². The average molecular weight is 503 g/mol. The van der Waals surface area contributed by atoms with Crippen molar-refractivity contribution >= 4 is 0 Å². The van der Waals surface area contributed by atoms with Gasteiger partial charge in [0.1, 0.15) is 0 Å². The van der Waals surface area contributed by atoms with Crippen molar-refractivity contribution in [2.24, 2.45) is 0 Å². The average Bonchev–Trinajstić information content (AvgIpc) is 3.66. The molecule has 3 heterocycles. The van der Waals surface area contributed by atoms with Gasteiger partial charge in [0, 0.05) is 35.0 Å². The highest BCUT2D eigenvalue weighted by molar-refractivity contribution is 5.63. The Labute approximate surface area is 220 Å². The third-order valence-electron chi connectivity index (χ3n) is 7.81. The molecule has 37 heavy (non-hydrogen) atoms. The molecule has 2 unspecified atom stereocenters. The SMILES string of the molecule is CCN(CC)C(CC(Cc1cc(C)[nH]n1)(c1cn[nH]c1C)N(CC)CC)c1cn[nH]c1-c1ccccc1. The molecule has 1 aromatic carbocycles. The van der Waals surface area contributed by atoms with E-state index in [1.165, 1.54) is 11.1 Å². The van der Waals surface area contributed by atoms with Gasteiger partial charge in [0.15, 0.2) is 0 Å². The summed E-state index contributed by atoms with van der Waals surface area (Å²) in [5, 5.41) is 23.5. The topological polar surface area (TPSA) is 92.5 Å². The summed E-state index contributed by atoms with van der Waals surface area (Å²) in [6, 6.07) is 12.8. The number of aromatic nitrogens is 6. The Bertz CT molecular complexity index is 1230. The molecule has 8 nitrogen and oxygen atoms in total. The highest BCUT2D eigenvalue weighted by Crippen LogP contribution is 2.44. The molecule has 0 spiro atoms. The number of benzene rings is 1. The minimum absolute atomic E-state index is 0.138. The molecule has 0 saturated carbocycles. The van der Waals surface area contributed by atoms with Crippen LogP contribution in [0.5, 0.6) is 0 Å². The first-order chi connectivity index (χ1) is 18.0. The van der Waals surface area contributed by atoms with E-state index in [0.717, 1.165) is 67.4 Å². The molecule has 0 amide bonds. The van der Waals surface area contributed by atoms with E-state index in [1.807, 2.05) is 12.4 Å². The smallest absolute Gasteiger partial charge is 0.0698 e. The van der Waals surface area contributed by atoms with Gasteiger partial charge >= 0.3 is 0 Å². The largest absolute Gasteiger partial charge is 0.297 e. The van der Waals surface area contributed by atoms with E-state index in [9.17, 15) is 0 Å². The van der Waals surface area contributed by atoms with Crippen molar-refractivity contribution in [3.63, 3.8) is 0 Å². The van der Waals surface area contributed by atoms with E-state index in [4.69, 9.17) is 5.10 Å². The summed E-state index contributed by atoms with van der Waals surface area (Å²) >= 11 is 0. The van der Waals surface area contributed by atoms with Gasteiger partial charge < -0.3 is 0 Å². The maximum Gasteiger partial charge on any atom is 0.0698 e. The van der Waals surface area contributed by atoms with Gasteiger partial charge in [-0.25, -0.2) is 0 Å². The van der Waals surface area contributed by atoms with Gasteiger partial charge in [0.2, 0.25) is 0 Å². The van der Waals surface area contributed by atoms with Crippen LogP contribution in [0.4, 0.5) is 0 Å². The van der Waals surface area contributed by atoms with Gasteiger partial charge in [-0.15, -0.1) is 0 Å². The van der Waals surface area contributed by atoms with Crippen LogP contribution in [0.2, 0.25) is 0 Å². The van der Waals surface area contributed by atoms with Crippen molar-refractivity contribution in [1.82, 2.24) is 40.4 Å². The molecule has 0 bridgehead atoms.